The molecule has 0 aliphatic heterocycles. The van der Waals surface area contributed by atoms with Crippen molar-refractivity contribution in [2.24, 2.45) is 0 Å². The molecule has 0 aliphatic carbocycles. The van der Waals surface area contributed by atoms with Crippen LogP contribution in [0.5, 0.6) is 0 Å². The van der Waals surface area contributed by atoms with Crippen molar-refractivity contribution in [1.29, 1.82) is 0 Å². The number of halogens is 2. The fourth-order valence-corrected chi connectivity index (χ4v) is 2.14. The molecule has 0 radical (unpaired) electrons. The van der Waals surface area contributed by atoms with Crippen molar-refractivity contribution < 1.29 is 9.21 Å². The van der Waals surface area contributed by atoms with E-state index in [0.29, 0.717) is 11.1 Å². The summed E-state index contributed by atoms with van der Waals surface area (Å²) < 4.78 is 6.72. The fourth-order valence-electron chi connectivity index (χ4n) is 1.22. The number of carbonyl (C=O) groups excluding carboxylic acids is 1. The molecule has 2 aromatic rings. The zero-order valence-electron chi connectivity index (χ0n) is 7.54. The molecule has 0 bridgehead atoms. The lowest BCUT2D eigenvalue weighted by Gasteiger charge is -2.02. The summed E-state index contributed by atoms with van der Waals surface area (Å²) in [5.74, 6) is -0.0332. The maximum absolute atomic E-state index is 12.0. The Labute approximate surface area is 109 Å². The Morgan fingerprint density at radius 2 is 2.13 bits per heavy atom. The molecule has 4 heteroatoms. The molecule has 1 aromatic carbocycles. The molecule has 15 heavy (non-hydrogen) atoms. The van der Waals surface area contributed by atoms with Gasteiger partial charge in [-0.15, -0.1) is 0 Å². The van der Waals surface area contributed by atoms with Gasteiger partial charge in [0.25, 0.3) is 0 Å². The van der Waals surface area contributed by atoms with Crippen LogP contribution in [0.3, 0.4) is 0 Å². The van der Waals surface area contributed by atoms with Gasteiger partial charge in [0.1, 0.15) is 6.26 Å². The number of hydrogen-bond acceptors (Lipinski definition) is 2. The van der Waals surface area contributed by atoms with Crippen LogP contribution < -0.4 is 0 Å². The number of carbonyl (C=O) groups is 1. The topological polar surface area (TPSA) is 30.2 Å². The average molecular weight is 377 g/mol. The molecule has 0 unspecified atom stereocenters. The highest BCUT2D eigenvalue weighted by Crippen LogP contribution is 2.22. The van der Waals surface area contributed by atoms with E-state index in [1.54, 1.807) is 6.07 Å². The van der Waals surface area contributed by atoms with Crippen molar-refractivity contribution in [2.45, 2.75) is 0 Å². The first-order chi connectivity index (χ1) is 7.18. The first kappa shape index (κ1) is 10.9. The van der Waals surface area contributed by atoms with E-state index >= 15 is 0 Å². The van der Waals surface area contributed by atoms with Gasteiger partial charge in [0.2, 0.25) is 0 Å². The Balaban J connectivity index is 2.46. The Morgan fingerprint density at radius 1 is 1.33 bits per heavy atom. The molecule has 0 saturated heterocycles. The Bertz CT molecular complexity index is 491. The maximum Gasteiger partial charge on any atom is 0.197 e. The van der Waals surface area contributed by atoms with Gasteiger partial charge in [-0.1, -0.05) is 15.9 Å². The van der Waals surface area contributed by atoms with Crippen molar-refractivity contribution in [3.8, 4) is 0 Å². The molecule has 0 N–H and O–H groups in total. The first-order valence-corrected chi connectivity index (χ1v) is 6.07. The summed E-state index contributed by atoms with van der Waals surface area (Å²) in [4.78, 5) is 12.0. The monoisotopic (exact) mass is 376 g/mol. The zero-order valence-corrected chi connectivity index (χ0v) is 11.3. The largest absolute Gasteiger partial charge is 0.472 e. The van der Waals surface area contributed by atoms with E-state index < -0.39 is 0 Å². The normalized spacial score (nSPS) is 10.3. The summed E-state index contributed by atoms with van der Waals surface area (Å²) in [6, 6.07) is 7.32. The summed E-state index contributed by atoms with van der Waals surface area (Å²) in [5.41, 5.74) is 1.22. The molecule has 0 aliphatic rings. The van der Waals surface area contributed by atoms with Gasteiger partial charge >= 0.3 is 0 Å². The van der Waals surface area contributed by atoms with E-state index in [-0.39, 0.29) is 5.78 Å². The van der Waals surface area contributed by atoms with Gasteiger partial charge in [-0.3, -0.25) is 4.79 Å². The standard InChI is InChI=1S/C11H6BrIO2/c12-10-2-1-8(13)5-9(10)11(14)7-3-4-15-6-7/h1-6H. The number of benzene rings is 1. The van der Waals surface area contributed by atoms with Crippen LogP contribution >= 0.6 is 38.5 Å². The molecule has 1 heterocycles. The molecule has 2 rings (SSSR count). The summed E-state index contributed by atoms with van der Waals surface area (Å²) in [6.45, 7) is 0. The molecular formula is C11H6BrIO2. The molecule has 76 valence electrons. The summed E-state index contributed by atoms with van der Waals surface area (Å²) in [6.07, 6.45) is 2.95. The molecule has 1 aromatic heterocycles. The highest BCUT2D eigenvalue weighted by Gasteiger charge is 2.13. The van der Waals surface area contributed by atoms with Gasteiger partial charge in [-0.05, 0) is 46.9 Å². The van der Waals surface area contributed by atoms with Crippen molar-refractivity contribution >= 4 is 44.3 Å². The SMILES string of the molecule is O=C(c1ccoc1)c1cc(I)ccc1Br. The minimum Gasteiger partial charge on any atom is -0.472 e. The molecule has 0 spiro atoms. The van der Waals surface area contributed by atoms with Crippen molar-refractivity contribution in [1.82, 2.24) is 0 Å². The summed E-state index contributed by atoms with van der Waals surface area (Å²) in [5, 5.41) is 0. The van der Waals surface area contributed by atoms with Crippen LogP contribution in [0.1, 0.15) is 15.9 Å². The second kappa shape index (κ2) is 4.49. The first-order valence-electron chi connectivity index (χ1n) is 4.20. The Hall–Kier alpha value is -0.620. The van der Waals surface area contributed by atoms with Crippen LogP contribution in [0.2, 0.25) is 0 Å². The molecular weight excluding hydrogens is 371 g/mol. The number of furan rings is 1. The predicted octanol–water partition coefficient (Wildman–Crippen LogP) is 3.88. The maximum atomic E-state index is 12.0. The van der Waals surface area contributed by atoms with Gasteiger partial charge in [0.05, 0.1) is 11.8 Å². The molecule has 0 amide bonds. The van der Waals surface area contributed by atoms with Crippen LogP contribution in [0, 0.1) is 3.57 Å². The highest BCUT2D eigenvalue weighted by atomic mass is 127. The third-order valence-electron chi connectivity index (χ3n) is 1.96. The second-order valence-electron chi connectivity index (χ2n) is 2.97. The van der Waals surface area contributed by atoms with Crippen molar-refractivity contribution in [3.05, 3.63) is 56.0 Å². The van der Waals surface area contributed by atoms with Crippen LogP contribution in [-0.2, 0) is 0 Å². The minimum absolute atomic E-state index is 0.0332. The van der Waals surface area contributed by atoms with E-state index in [1.165, 1.54) is 12.5 Å². The van der Waals surface area contributed by atoms with E-state index in [9.17, 15) is 4.79 Å². The lowest BCUT2D eigenvalue weighted by atomic mass is 10.1. The van der Waals surface area contributed by atoms with Gasteiger partial charge < -0.3 is 4.42 Å². The Morgan fingerprint density at radius 3 is 2.80 bits per heavy atom. The van der Waals surface area contributed by atoms with E-state index in [2.05, 4.69) is 38.5 Å². The van der Waals surface area contributed by atoms with E-state index in [4.69, 9.17) is 4.42 Å². The summed E-state index contributed by atoms with van der Waals surface area (Å²) >= 11 is 5.54. The van der Waals surface area contributed by atoms with Crippen molar-refractivity contribution in [2.75, 3.05) is 0 Å². The smallest absolute Gasteiger partial charge is 0.197 e. The van der Waals surface area contributed by atoms with Gasteiger partial charge in [0.15, 0.2) is 5.78 Å². The van der Waals surface area contributed by atoms with Crippen molar-refractivity contribution in [3.63, 3.8) is 0 Å². The van der Waals surface area contributed by atoms with Gasteiger partial charge in [0, 0.05) is 13.6 Å². The van der Waals surface area contributed by atoms with Crippen LogP contribution in [-0.4, -0.2) is 5.78 Å². The quantitative estimate of drug-likeness (QED) is 0.588. The fraction of sp³-hybridized carbons (Fsp3) is 0. The molecule has 0 atom stereocenters. The van der Waals surface area contributed by atoms with Crippen LogP contribution in [0.4, 0.5) is 0 Å². The van der Waals surface area contributed by atoms with Gasteiger partial charge in [-0.2, -0.15) is 0 Å². The lowest BCUT2D eigenvalue weighted by molar-refractivity contribution is 0.103. The predicted molar refractivity (Wildman–Crippen MR) is 69.0 cm³/mol. The minimum atomic E-state index is -0.0332. The third-order valence-corrected chi connectivity index (χ3v) is 3.32. The molecule has 0 saturated carbocycles. The number of hydrogen-bond donors (Lipinski definition) is 0. The highest BCUT2D eigenvalue weighted by molar-refractivity contribution is 14.1. The molecule has 0 fully saturated rings. The summed E-state index contributed by atoms with van der Waals surface area (Å²) in [7, 11) is 0. The van der Waals surface area contributed by atoms with Gasteiger partial charge in [-0.25, -0.2) is 0 Å². The lowest BCUT2D eigenvalue weighted by Crippen LogP contribution is -2.01. The van der Waals surface area contributed by atoms with E-state index in [1.807, 2.05) is 18.2 Å². The molecule has 2 nitrogen and oxygen atoms in total. The number of rotatable bonds is 2. The third kappa shape index (κ3) is 2.31. The average Bonchev–Trinajstić information content (AvgIpc) is 2.74. The Kier molecular flexibility index (Phi) is 3.25. The van der Waals surface area contributed by atoms with Crippen LogP contribution in [0.25, 0.3) is 0 Å². The van der Waals surface area contributed by atoms with Crippen LogP contribution in [0.15, 0.2) is 45.7 Å². The number of ketones is 1. The zero-order chi connectivity index (χ0) is 10.8. The van der Waals surface area contributed by atoms with E-state index in [0.717, 1.165) is 8.04 Å². The second-order valence-corrected chi connectivity index (χ2v) is 5.07.